The van der Waals surface area contributed by atoms with E-state index in [4.69, 9.17) is 5.73 Å². The van der Waals surface area contributed by atoms with Crippen LogP contribution >= 0.6 is 0 Å². The Morgan fingerprint density at radius 1 is 1.11 bits per heavy atom. The fraction of sp³-hybridized carbons (Fsp3) is 0.154. The van der Waals surface area contributed by atoms with E-state index in [-0.39, 0.29) is 0 Å². The maximum Gasteiger partial charge on any atom is 0.234 e. The summed E-state index contributed by atoms with van der Waals surface area (Å²) in [5.74, 6) is 0.682. The van der Waals surface area contributed by atoms with E-state index in [0.29, 0.717) is 12.3 Å². The second-order valence-electron chi connectivity index (χ2n) is 3.95. The van der Waals surface area contributed by atoms with Gasteiger partial charge >= 0.3 is 0 Å². The average Bonchev–Trinajstić information content (AvgIpc) is 2.78. The summed E-state index contributed by atoms with van der Waals surface area (Å²) in [6.45, 7) is 0.559. The van der Waals surface area contributed by atoms with Crippen LogP contribution in [0.4, 0.5) is 0 Å². The van der Waals surface area contributed by atoms with Gasteiger partial charge in [-0.05, 0) is 24.7 Å². The number of nitrogens with zero attached hydrogens (tertiary/aromatic N) is 4. The van der Waals surface area contributed by atoms with E-state index in [1.807, 2.05) is 34.9 Å². The molecule has 0 atom stereocenters. The van der Waals surface area contributed by atoms with Crippen molar-refractivity contribution >= 4 is 5.78 Å². The zero-order valence-corrected chi connectivity index (χ0v) is 9.82. The summed E-state index contributed by atoms with van der Waals surface area (Å²) in [5.41, 5.74) is 8.45. The average molecular weight is 239 g/mol. The van der Waals surface area contributed by atoms with Crippen LogP contribution in [0.2, 0.25) is 0 Å². The predicted molar refractivity (Wildman–Crippen MR) is 69.0 cm³/mol. The first kappa shape index (κ1) is 10.9. The topological polar surface area (TPSA) is 69.1 Å². The molecule has 0 saturated carbocycles. The lowest BCUT2D eigenvalue weighted by molar-refractivity contribution is 0.937. The van der Waals surface area contributed by atoms with E-state index >= 15 is 0 Å². The van der Waals surface area contributed by atoms with Crippen molar-refractivity contribution in [3.63, 3.8) is 0 Å². The maximum absolute atomic E-state index is 5.64. The largest absolute Gasteiger partial charge is 0.330 e. The zero-order chi connectivity index (χ0) is 12.4. The summed E-state index contributed by atoms with van der Waals surface area (Å²) in [7, 11) is 0. The monoisotopic (exact) mass is 239 g/mol. The minimum absolute atomic E-state index is 0.559. The van der Waals surface area contributed by atoms with Gasteiger partial charge in [-0.25, -0.2) is 9.97 Å². The van der Waals surface area contributed by atoms with Crippen LogP contribution in [0.25, 0.3) is 17.2 Å². The third-order valence-corrected chi connectivity index (χ3v) is 2.76. The molecule has 0 amide bonds. The van der Waals surface area contributed by atoms with Crippen LogP contribution in [-0.2, 0) is 6.42 Å². The van der Waals surface area contributed by atoms with Crippen molar-refractivity contribution in [1.82, 2.24) is 19.4 Å². The third-order valence-electron chi connectivity index (χ3n) is 2.76. The van der Waals surface area contributed by atoms with Crippen molar-refractivity contribution < 1.29 is 0 Å². The molecule has 0 unspecified atom stereocenters. The van der Waals surface area contributed by atoms with Crippen molar-refractivity contribution in [3.05, 3.63) is 48.5 Å². The molecule has 0 radical (unpaired) electrons. The number of aromatic nitrogens is 4. The van der Waals surface area contributed by atoms with Gasteiger partial charge < -0.3 is 5.73 Å². The third kappa shape index (κ3) is 1.74. The lowest BCUT2D eigenvalue weighted by Gasteiger charge is -2.02. The molecule has 5 heteroatoms. The summed E-state index contributed by atoms with van der Waals surface area (Å²) < 4.78 is 1.95. The van der Waals surface area contributed by atoms with Gasteiger partial charge in [0.2, 0.25) is 5.78 Å². The molecular formula is C13H13N5. The molecule has 0 aromatic carbocycles. The molecule has 0 bridgehead atoms. The van der Waals surface area contributed by atoms with Gasteiger partial charge in [0.25, 0.3) is 0 Å². The molecule has 3 aromatic heterocycles. The molecule has 5 nitrogen and oxygen atoms in total. The van der Waals surface area contributed by atoms with Crippen molar-refractivity contribution in [2.75, 3.05) is 6.54 Å². The summed E-state index contributed by atoms with van der Waals surface area (Å²) >= 11 is 0. The molecule has 90 valence electrons. The Morgan fingerprint density at radius 3 is 2.78 bits per heavy atom. The Kier molecular flexibility index (Phi) is 2.74. The fourth-order valence-electron chi connectivity index (χ4n) is 2.02. The number of hydrogen-bond acceptors (Lipinski definition) is 4. The van der Waals surface area contributed by atoms with Gasteiger partial charge in [-0.2, -0.15) is 0 Å². The quantitative estimate of drug-likeness (QED) is 0.747. The van der Waals surface area contributed by atoms with Crippen LogP contribution in [0.5, 0.6) is 0 Å². The van der Waals surface area contributed by atoms with E-state index in [1.165, 1.54) is 0 Å². The highest BCUT2D eigenvalue weighted by Crippen LogP contribution is 2.22. The van der Waals surface area contributed by atoms with Gasteiger partial charge in [-0.15, -0.1) is 0 Å². The van der Waals surface area contributed by atoms with Crippen LogP contribution in [-0.4, -0.2) is 25.9 Å². The SMILES string of the molecule is NCCc1nc2ncccn2c1-c1ccccn1. The molecule has 0 saturated heterocycles. The molecule has 3 aromatic rings. The van der Waals surface area contributed by atoms with Crippen LogP contribution in [0, 0.1) is 0 Å². The number of pyridine rings is 1. The first-order valence-electron chi connectivity index (χ1n) is 5.83. The second-order valence-corrected chi connectivity index (χ2v) is 3.95. The van der Waals surface area contributed by atoms with Gasteiger partial charge in [0, 0.05) is 25.0 Å². The summed E-state index contributed by atoms with van der Waals surface area (Å²) in [4.78, 5) is 13.1. The minimum atomic E-state index is 0.559. The van der Waals surface area contributed by atoms with Gasteiger partial charge in [0.15, 0.2) is 0 Å². The molecular weight excluding hydrogens is 226 g/mol. The standard InChI is InChI=1S/C13H13N5/c14-6-5-11-12(10-4-1-2-7-15-10)18-9-3-8-16-13(18)17-11/h1-4,7-9H,5-6,14H2. The number of fused-ring (bicyclic) bond motifs is 1. The molecule has 0 aliphatic heterocycles. The Bertz CT molecular complexity index is 659. The molecule has 18 heavy (non-hydrogen) atoms. The highest BCUT2D eigenvalue weighted by Gasteiger charge is 2.14. The van der Waals surface area contributed by atoms with Crippen LogP contribution in [0.3, 0.4) is 0 Å². The summed E-state index contributed by atoms with van der Waals surface area (Å²) in [6.07, 6.45) is 6.17. The first-order chi connectivity index (χ1) is 8.90. The lowest BCUT2D eigenvalue weighted by Crippen LogP contribution is -2.04. The van der Waals surface area contributed by atoms with Crippen LogP contribution in [0.15, 0.2) is 42.9 Å². The van der Waals surface area contributed by atoms with E-state index < -0.39 is 0 Å². The molecule has 2 N–H and O–H groups in total. The van der Waals surface area contributed by atoms with Crippen molar-refractivity contribution in [2.24, 2.45) is 5.73 Å². The highest BCUT2D eigenvalue weighted by molar-refractivity contribution is 5.62. The van der Waals surface area contributed by atoms with Crippen LogP contribution in [0.1, 0.15) is 5.69 Å². The Hall–Kier alpha value is -2.27. The van der Waals surface area contributed by atoms with Crippen molar-refractivity contribution in [2.45, 2.75) is 6.42 Å². The number of rotatable bonds is 3. The van der Waals surface area contributed by atoms with Gasteiger partial charge in [0.05, 0.1) is 17.1 Å². The normalized spacial score (nSPS) is 10.9. The summed E-state index contributed by atoms with van der Waals surface area (Å²) in [5, 5.41) is 0. The fourth-order valence-corrected chi connectivity index (χ4v) is 2.02. The van der Waals surface area contributed by atoms with E-state index in [0.717, 1.165) is 23.5 Å². The van der Waals surface area contributed by atoms with E-state index in [2.05, 4.69) is 15.0 Å². The van der Waals surface area contributed by atoms with Gasteiger partial charge in [-0.1, -0.05) is 6.07 Å². The predicted octanol–water partition coefficient (Wildman–Crippen LogP) is 1.29. The van der Waals surface area contributed by atoms with Gasteiger partial charge in [0.1, 0.15) is 0 Å². The number of hydrogen-bond donors (Lipinski definition) is 1. The number of imidazole rings is 1. The van der Waals surface area contributed by atoms with Crippen molar-refractivity contribution in [1.29, 1.82) is 0 Å². The zero-order valence-electron chi connectivity index (χ0n) is 9.82. The lowest BCUT2D eigenvalue weighted by atomic mass is 10.2. The Labute approximate surface area is 104 Å². The maximum atomic E-state index is 5.64. The molecule has 3 heterocycles. The smallest absolute Gasteiger partial charge is 0.234 e. The molecule has 0 spiro atoms. The minimum Gasteiger partial charge on any atom is -0.330 e. The Morgan fingerprint density at radius 2 is 2.00 bits per heavy atom. The molecule has 0 aliphatic rings. The number of nitrogens with two attached hydrogens (primary N) is 1. The van der Waals surface area contributed by atoms with Crippen LogP contribution < -0.4 is 5.73 Å². The van der Waals surface area contributed by atoms with E-state index in [1.54, 1.807) is 12.4 Å². The summed E-state index contributed by atoms with van der Waals surface area (Å²) in [6, 6.07) is 7.71. The first-order valence-corrected chi connectivity index (χ1v) is 5.83. The van der Waals surface area contributed by atoms with Gasteiger partial charge in [-0.3, -0.25) is 9.38 Å². The molecule has 0 aliphatic carbocycles. The Balaban J connectivity index is 2.28. The van der Waals surface area contributed by atoms with Crippen molar-refractivity contribution in [3.8, 4) is 11.4 Å². The molecule has 3 rings (SSSR count). The highest BCUT2D eigenvalue weighted by atomic mass is 15.1. The molecule has 0 fully saturated rings. The second kappa shape index (κ2) is 4.54. The van der Waals surface area contributed by atoms with E-state index in [9.17, 15) is 0 Å².